The lowest BCUT2D eigenvalue weighted by molar-refractivity contribution is -0.152. The van der Waals surface area contributed by atoms with Gasteiger partial charge in [-0.2, -0.15) is 95.0 Å². The van der Waals surface area contributed by atoms with Gasteiger partial charge in [-0.1, -0.05) is 59.6 Å². The molecule has 147 heavy (non-hydrogen) atoms. The first-order chi connectivity index (χ1) is 67.5. The maximum atomic E-state index is 15.3. The molecule has 6 aliphatic rings. The van der Waals surface area contributed by atoms with Gasteiger partial charge in [-0.15, -0.1) is 35.3 Å². The minimum atomic E-state index is -4.99. The molecule has 0 saturated carbocycles. The molecule has 3 N–H and O–H groups in total. The number of aromatic nitrogens is 6. The number of rotatable bonds is 20. The van der Waals surface area contributed by atoms with Gasteiger partial charge in [0.1, 0.15) is 83.9 Å². The molecule has 0 radical (unpaired) electrons. The largest absolute Gasteiger partial charge is 0.491 e. The average Bonchev–Trinajstić information content (AvgIpc) is 0.714. The summed E-state index contributed by atoms with van der Waals surface area (Å²) in [5.41, 5.74) is -8.77. The Balaban J connectivity index is 0.000000242. The zero-order valence-corrected chi connectivity index (χ0v) is 88.8. The van der Waals surface area contributed by atoms with Crippen molar-refractivity contribution in [1.82, 2.24) is 43.8 Å². The Morgan fingerprint density at radius 1 is 0.469 bits per heavy atom. The molecule has 56 heteroatoms. The summed E-state index contributed by atoms with van der Waals surface area (Å²) >= 11 is 26.5. The number of thioether (sulfide) groups is 3. The molecule has 3 fully saturated rings. The number of alkyl halides is 9. The zero-order valence-electron chi connectivity index (χ0n) is 80.3. The average molecular weight is 2280 g/mol. The van der Waals surface area contributed by atoms with E-state index in [4.69, 9.17) is 94.3 Å². The molecule has 15 rings (SSSR count). The monoisotopic (exact) mass is 2280 g/mol. The predicted octanol–water partition coefficient (Wildman–Crippen LogP) is 17.7. The number of esters is 2. The highest BCUT2D eigenvalue weighted by Gasteiger charge is 2.46. The van der Waals surface area contributed by atoms with E-state index in [1.165, 1.54) is 39.9 Å². The number of nitrogens with zero attached hydrogens (tertiary/aromatic N) is 11. The highest BCUT2D eigenvalue weighted by molar-refractivity contribution is 8.00. The van der Waals surface area contributed by atoms with Crippen molar-refractivity contribution in [3.8, 4) is 22.3 Å². The lowest BCUT2D eigenvalue weighted by Crippen LogP contribution is -2.55. The first-order valence-corrected chi connectivity index (χ1v) is 48.1. The summed E-state index contributed by atoms with van der Waals surface area (Å²) in [5, 5.41) is 18.7. The van der Waals surface area contributed by atoms with E-state index in [-0.39, 0.29) is 214 Å². The number of carbonyl (C=O) groups is 4. The van der Waals surface area contributed by atoms with Crippen LogP contribution in [0, 0.1) is 34.9 Å². The minimum absolute atomic E-state index is 0. The SMILES string of the molecule is C=CC(=O)OC(=O)C=C.COCOC[C@H]1CSc2c(-c3cc(Cl)c(F)cc3F)c(C(F)(F)F)cc3c(N4CCN(C(=O)OC(C)(C)C)C[C@@H]4C)nc(=O)n1c23.COCOC[C@H]1CSc2c(-c3cc(Cl)c(F)cc3F)c(C(F)(F)F)cc3c(N4CCNC[C@@H]4C)nc(=O)n1c23.COCOC[C@H]1CSc2c(Cl)c(C(F)(F)F)cc3c(N4CCN(C(=O)OC(C)(C)C)C[C@@H]4C)nc(=O)n1c23.OB(O)c1cc(Cl)c(F)cc1F.S.S.S. The summed E-state index contributed by atoms with van der Waals surface area (Å²) < 4.78 is 264. The normalized spacial score (nSPS) is 17.6. The van der Waals surface area contributed by atoms with Crippen LogP contribution in [-0.2, 0) is 70.7 Å². The number of ether oxygens (including phenoxy) is 9. The topological polar surface area (TPSA) is 325 Å². The van der Waals surface area contributed by atoms with Crippen molar-refractivity contribution in [2.45, 2.75) is 143 Å². The number of methoxy groups -OCH3 is 3. The molecule has 2 amide bonds. The first kappa shape index (κ1) is 123. The summed E-state index contributed by atoms with van der Waals surface area (Å²) in [4.78, 5) is 108. The van der Waals surface area contributed by atoms with Gasteiger partial charge in [0, 0.05) is 200 Å². The Labute approximate surface area is 885 Å². The lowest BCUT2D eigenvalue weighted by Gasteiger charge is -2.41. The van der Waals surface area contributed by atoms with Crippen LogP contribution < -0.4 is 42.5 Å². The fourth-order valence-electron chi connectivity index (χ4n) is 16.3. The molecular formula is C91H102BCl4F15N12O18S6. The second-order valence-electron chi connectivity index (χ2n) is 35.0. The third kappa shape index (κ3) is 29.0. The van der Waals surface area contributed by atoms with E-state index < -0.39 is 197 Å². The number of hydrogen-bond donors (Lipinski definition) is 3. The maximum Gasteiger partial charge on any atom is 0.491 e. The van der Waals surface area contributed by atoms with Gasteiger partial charge in [-0.3, -0.25) is 13.7 Å². The van der Waals surface area contributed by atoms with Crippen molar-refractivity contribution in [1.29, 1.82) is 0 Å². The minimum Gasteiger partial charge on any atom is -0.444 e. The molecule has 0 aliphatic carbocycles. The molecule has 6 aliphatic heterocycles. The summed E-state index contributed by atoms with van der Waals surface area (Å²) in [7, 11) is 2.34. The number of halogens is 19. The van der Waals surface area contributed by atoms with Crippen molar-refractivity contribution in [3.05, 3.63) is 183 Å². The number of anilines is 3. The van der Waals surface area contributed by atoms with Crippen LogP contribution in [0.2, 0.25) is 20.1 Å². The molecule has 0 bridgehead atoms. The number of benzene rings is 6. The Morgan fingerprint density at radius 2 is 0.796 bits per heavy atom. The highest BCUT2D eigenvalue weighted by Crippen LogP contribution is 2.55. The van der Waals surface area contributed by atoms with Crippen LogP contribution in [0.1, 0.15) is 97.1 Å². The summed E-state index contributed by atoms with van der Waals surface area (Å²) in [6, 6.07) is 3.87. The zero-order chi connectivity index (χ0) is 106. The predicted molar refractivity (Wildman–Crippen MR) is 544 cm³/mol. The maximum absolute atomic E-state index is 15.3. The third-order valence-corrected chi connectivity index (χ3v) is 27.6. The second-order valence-corrected chi connectivity index (χ2v) is 39.7. The fraction of sp³-hybridized carbons (Fsp3) is 0.451. The lowest BCUT2D eigenvalue weighted by atomic mass is 9.80. The fourth-order valence-corrected chi connectivity index (χ4v) is 21.0. The molecular weight excluding hydrogens is 2180 g/mol. The van der Waals surface area contributed by atoms with Crippen LogP contribution in [0.25, 0.3) is 55.0 Å². The van der Waals surface area contributed by atoms with Gasteiger partial charge in [0.05, 0.1) is 96.2 Å². The summed E-state index contributed by atoms with van der Waals surface area (Å²) in [6.07, 6.45) is -13.8. The Bertz CT molecular complexity index is 6550. The summed E-state index contributed by atoms with van der Waals surface area (Å²) in [5.74, 6) is -7.43. The van der Waals surface area contributed by atoms with E-state index in [0.29, 0.717) is 43.4 Å². The number of nitrogens with one attached hydrogen (secondary N) is 1. The molecule has 6 atom stereocenters. The smallest absolute Gasteiger partial charge is 0.444 e. The Hall–Kier alpha value is -8.79. The molecule has 0 unspecified atom stereocenters. The van der Waals surface area contributed by atoms with Gasteiger partial charge in [0.25, 0.3) is 0 Å². The Kier molecular flexibility index (Phi) is 43.3. The Morgan fingerprint density at radius 3 is 1.12 bits per heavy atom. The number of amides is 2. The van der Waals surface area contributed by atoms with Gasteiger partial charge < -0.3 is 82.5 Å². The molecule has 0 spiro atoms. The van der Waals surface area contributed by atoms with Crippen LogP contribution >= 0.6 is 122 Å². The van der Waals surface area contributed by atoms with E-state index in [9.17, 15) is 90.6 Å². The standard InChI is InChI=1S/C30H32ClF5N4O5S.C25H24ClF5N4O3S.C24H30ClF3N4O5S.C6H4BClF2O2.C6H6O3.3H2S/c1-15-11-38(28(42)45-29(2,3)4)6-7-39(15)26-18-8-19(30(34,35)36)23(17-9-20(31)22(33)10-21(17)32)25-24(18)40(27(41)37-26)16(13-46-25)12-44-14-43-5;1-12-8-32-3-4-34(12)23-15-5-16(25(29,30)31)20(14-6-17(26)19(28)7-18(14)27)22-21(15)35(24(36)33-23)13(10-39-22)9-38-11-37-2;1-13-9-30(22(34)37-23(2,3)4)6-7-31(13)20-15-8-16(24(26,27)28)17(25)19-18(15)32(21(33)29-20)14(11-38-19)10-36-12-35-5;8-4-1-3(7(11)12)5(9)2-6(4)10;1-3-5(7)9-6(8)4-2;;;/h8-10,15-16H,6-7,11-14H2,1-5H3;5-7,12-13,32H,3-4,8-11H2,1-2H3;8,13-14H,6-7,9-12H2,1-5H3;1-2,11-12H;3-4H,1-2H2;3*1H2/t15-,16-;12-,13-;13-,14-;;;;;/m000...../s1. The second kappa shape index (κ2) is 51.6. The first-order valence-electron chi connectivity index (χ1n) is 43.6. The van der Waals surface area contributed by atoms with Crippen LogP contribution in [-0.4, -0.2) is 247 Å². The van der Waals surface area contributed by atoms with Crippen LogP contribution in [0.4, 0.5) is 92.9 Å². The molecule has 9 heterocycles. The van der Waals surface area contributed by atoms with Crippen molar-refractivity contribution < 1.29 is 138 Å². The van der Waals surface area contributed by atoms with E-state index in [2.05, 4.69) is 38.2 Å². The van der Waals surface area contributed by atoms with Crippen molar-refractivity contribution >= 4 is 209 Å². The molecule has 3 aromatic heterocycles. The number of piperazine rings is 3. The molecule has 6 aromatic carbocycles. The number of carbonyl (C=O) groups excluding carboxylic acids is 4. The quantitative estimate of drug-likeness (QED) is 0.00734. The van der Waals surface area contributed by atoms with E-state index in [1.807, 2.05) is 13.8 Å². The van der Waals surface area contributed by atoms with Gasteiger partial charge in [0.2, 0.25) is 0 Å². The third-order valence-electron chi connectivity index (χ3n) is 22.5. The molecule has 806 valence electrons. The van der Waals surface area contributed by atoms with E-state index >= 15 is 8.78 Å². The van der Waals surface area contributed by atoms with Gasteiger partial charge in [-0.05, 0) is 98.7 Å². The molecule has 30 nitrogen and oxygen atoms in total. The highest BCUT2D eigenvalue weighted by atomic mass is 35.5. The van der Waals surface area contributed by atoms with E-state index in [0.717, 1.165) is 83.8 Å². The van der Waals surface area contributed by atoms with Crippen molar-refractivity contribution in [3.63, 3.8) is 0 Å². The summed E-state index contributed by atoms with van der Waals surface area (Å²) in [6.45, 7) is 24.9. The van der Waals surface area contributed by atoms with Gasteiger partial charge >= 0.3 is 66.8 Å². The number of hydrogen-bond acceptors (Lipinski definition) is 28. The van der Waals surface area contributed by atoms with Crippen LogP contribution in [0.3, 0.4) is 0 Å². The van der Waals surface area contributed by atoms with Crippen molar-refractivity contribution in [2.24, 2.45) is 0 Å². The van der Waals surface area contributed by atoms with Gasteiger partial charge in [-0.25, -0.2) is 59.9 Å². The van der Waals surface area contributed by atoms with E-state index in [1.54, 1.807) is 68.1 Å². The molecule has 3 saturated heterocycles. The van der Waals surface area contributed by atoms with Crippen LogP contribution in [0.5, 0.6) is 0 Å². The van der Waals surface area contributed by atoms with Gasteiger partial charge in [0.15, 0.2) is 0 Å². The molecule has 9 aromatic rings. The van der Waals surface area contributed by atoms with Crippen LogP contribution in [0.15, 0.2) is 109 Å². The van der Waals surface area contributed by atoms with Crippen molar-refractivity contribution in [2.75, 3.05) is 152 Å².